The highest BCUT2D eigenvalue weighted by atomic mass is 19.1. The lowest BCUT2D eigenvalue weighted by Crippen LogP contribution is -2.40. The predicted molar refractivity (Wildman–Crippen MR) is 115 cm³/mol. The molecule has 2 aliphatic heterocycles. The van der Waals surface area contributed by atoms with Gasteiger partial charge < -0.3 is 15.1 Å². The van der Waals surface area contributed by atoms with Crippen LogP contribution in [0.25, 0.3) is 0 Å². The summed E-state index contributed by atoms with van der Waals surface area (Å²) in [5.74, 6) is -0.824. The van der Waals surface area contributed by atoms with Crippen LogP contribution in [-0.4, -0.2) is 63.6 Å². The van der Waals surface area contributed by atoms with Crippen molar-refractivity contribution in [2.24, 2.45) is 0 Å². The number of halogens is 1. The maximum Gasteiger partial charge on any atom is 0.272 e. The topological polar surface area (TPSA) is 70.5 Å². The smallest absolute Gasteiger partial charge is 0.272 e. The molecule has 1 fully saturated rings. The summed E-state index contributed by atoms with van der Waals surface area (Å²) < 4.78 is 15.5. The van der Waals surface area contributed by atoms with E-state index in [4.69, 9.17) is 0 Å². The third-order valence-corrected chi connectivity index (χ3v) is 6.27. The Morgan fingerprint density at radius 1 is 1.23 bits per heavy atom. The molecule has 2 amide bonds. The largest absolute Gasteiger partial charge is 0.351 e. The van der Waals surface area contributed by atoms with Gasteiger partial charge in [0.2, 0.25) is 0 Å². The number of amides is 2. The maximum atomic E-state index is 14.0. The second kappa shape index (κ2) is 9.60. The first-order valence-corrected chi connectivity index (χ1v) is 11.2. The van der Waals surface area contributed by atoms with E-state index in [2.05, 4.69) is 22.2 Å². The summed E-state index contributed by atoms with van der Waals surface area (Å²) in [7, 11) is 0. The molecule has 166 valence electrons. The van der Waals surface area contributed by atoms with Crippen LogP contribution in [0.3, 0.4) is 0 Å². The molecule has 1 N–H and O–H groups in total. The van der Waals surface area contributed by atoms with Gasteiger partial charge in [0.1, 0.15) is 11.5 Å². The van der Waals surface area contributed by atoms with Crippen molar-refractivity contribution in [2.45, 2.75) is 51.7 Å². The third kappa shape index (κ3) is 4.95. The van der Waals surface area contributed by atoms with Crippen molar-refractivity contribution in [3.63, 3.8) is 0 Å². The molecular weight excluding hydrogens is 397 g/mol. The number of hydrogen-bond acceptors (Lipinski definition) is 4. The van der Waals surface area contributed by atoms with Gasteiger partial charge >= 0.3 is 0 Å². The average Bonchev–Trinajstić information content (AvgIpc) is 3.21. The average molecular weight is 428 g/mol. The Hall–Kier alpha value is -2.74. The molecule has 1 aromatic heterocycles. The lowest BCUT2D eigenvalue weighted by molar-refractivity contribution is 0.0681. The Labute approximate surface area is 182 Å². The van der Waals surface area contributed by atoms with E-state index in [0.717, 1.165) is 19.5 Å². The van der Waals surface area contributed by atoms with Crippen molar-refractivity contribution in [1.29, 1.82) is 0 Å². The van der Waals surface area contributed by atoms with Crippen molar-refractivity contribution < 1.29 is 14.0 Å². The highest BCUT2D eigenvalue weighted by molar-refractivity contribution is 5.98. The first-order chi connectivity index (χ1) is 15.0. The van der Waals surface area contributed by atoms with Crippen LogP contribution in [0.2, 0.25) is 0 Å². The van der Waals surface area contributed by atoms with E-state index in [-0.39, 0.29) is 29.9 Å². The molecule has 1 unspecified atom stereocenters. The number of aromatic nitrogens is 2. The second-order valence-corrected chi connectivity index (χ2v) is 8.45. The number of nitrogens with zero attached hydrogens (tertiary/aromatic N) is 4. The van der Waals surface area contributed by atoms with E-state index in [1.165, 1.54) is 31.4 Å². The number of fused-ring (bicyclic) bond motifs is 1. The summed E-state index contributed by atoms with van der Waals surface area (Å²) in [6, 6.07) is 8.61. The van der Waals surface area contributed by atoms with E-state index in [9.17, 15) is 14.0 Å². The summed E-state index contributed by atoms with van der Waals surface area (Å²) in [6.45, 7) is 6.07. The van der Waals surface area contributed by atoms with Crippen LogP contribution in [0.1, 0.15) is 59.1 Å². The maximum absolute atomic E-state index is 14.0. The number of nitrogens with one attached hydrogen (secondary N) is 1. The zero-order chi connectivity index (χ0) is 21.8. The Bertz CT molecular complexity index is 944. The standard InChI is InChI=1S/C23H30FN5O2/c1-17-7-4-5-11-27(17)12-6-10-25-22(30)20-15-21-23(31)28(13-14-29(21)26-20)16-18-8-2-3-9-19(18)24/h2-3,8-9,15,17H,4-7,10-14,16H2,1H3,(H,25,30). The molecule has 4 rings (SSSR count). The number of hydrogen-bond donors (Lipinski definition) is 1. The van der Waals surface area contributed by atoms with Gasteiger partial charge in [-0.1, -0.05) is 24.6 Å². The normalized spacial score (nSPS) is 19.4. The van der Waals surface area contributed by atoms with Crippen molar-refractivity contribution >= 4 is 11.8 Å². The molecule has 1 aromatic carbocycles. The molecule has 0 bridgehead atoms. The fraction of sp³-hybridized carbons (Fsp3) is 0.522. The fourth-order valence-electron chi connectivity index (χ4n) is 4.40. The Morgan fingerprint density at radius 2 is 2.06 bits per heavy atom. The summed E-state index contributed by atoms with van der Waals surface area (Å²) >= 11 is 0. The van der Waals surface area contributed by atoms with Gasteiger partial charge in [-0.15, -0.1) is 0 Å². The minimum atomic E-state index is -0.326. The summed E-state index contributed by atoms with van der Waals surface area (Å²) in [5, 5.41) is 7.23. The molecule has 1 saturated heterocycles. The number of benzene rings is 1. The summed E-state index contributed by atoms with van der Waals surface area (Å²) in [6.07, 6.45) is 4.68. The highest BCUT2D eigenvalue weighted by Gasteiger charge is 2.28. The van der Waals surface area contributed by atoms with Gasteiger partial charge in [-0.3, -0.25) is 14.3 Å². The molecule has 0 saturated carbocycles. The molecule has 0 spiro atoms. The second-order valence-electron chi connectivity index (χ2n) is 8.45. The van der Waals surface area contributed by atoms with Crippen molar-refractivity contribution in [1.82, 2.24) is 24.9 Å². The minimum absolute atomic E-state index is 0.202. The minimum Gasteiger partial charge on any atom is -0.351 e. The molecule has 8 heteroatoms. The van der Waals surface area contributed by atoms with Crippen molar-refractivity contribution in [3.05, 3.63) is 53.1 Å². The predicted octanol–water partition coefficient (Wildman–Crippen LogP) is 2.67. The van der Waals surface area contributed by atoms with Crippen LogP contribution in [0, 0.1) is 5.82 Å². The van der Waals surface area contributed by atoms with Crippen molar-refractivity contribution in [3.8, 4) is 0 Å². The van der Waals surface area contributed by atoms with Crippen LogP contribution in [-0.2, 0) is 13.1 Å². The van der Waals surface area contributed by atoms with Crippen LogP contribution < -0.4 is 5.32 Å². The lowest BCUT2D eigenvalue weighted by atomic mass is 10.0. The number of likely N-dealkylation sites (tertiary alicyclic amines) is 1. The van der Waals surface area contributed by atoms with E-state index in [0.29, 0.717) is 36.9 Å². The van der Waals surface area contributed by atoms with Crippen LogP contribution >= 0.6 is 0 Å². The number of piperidine rings is 1. The van der Waals surface area contributed by atoms with Gasteiger partial charge in [0.15, 0.2) is 5.69 Å². The van der Waals surface area contributed by atoms with Gasteiger partial charge in [-0.25, -0.2) is 4.39 Å². The Morgan fingerprint density at radius 3 is 2.87 bits per heavy atom. The Kier molecular flexibility index (Phi) is 6.65. The molecule has 0 radical (unpaired) electrons. The molecule has 3 heterocycles. The Balaban J connectivity index is 1.31. The van der Waals surface area contributed by atoms with Gasteiger partial charge in [-0.2, -0.15) is 5.10 Å². The lowest BCUT2D eigenvalue weighted by Gasteiger charge is -2.33. The first kappa shape index (κ1) is 21.5. The molecule has 0 aliphatic carbocycles. The molecule has 2 aliphatic rings. The monoisotopic (exact) mass is 427 g/mol. The van der Waals surface area contributed by atoms with Crippen molar-refractivity contribution in [2.75, 3.05) is 26.2 Å². The van der Waals surface area contributed by atoms with E-state index in [1.807, 2.05) is 0 Å². The number of carbonyl (C=O) groups excluding carboxylic acids is 2. The molecule has 1 atom stereocenters. The highest BCUT2D eigenvalue weighted by Crippen LogP contribution is 2.18. The van der Waals surface area contributed by atoms with Crippen LogP contribution in [0.15, 0.2) is 30.3 Å². The quantitative estimate of drug-likeness (QED) is 0.690. The van der Waals surface area contributed by atoms with Crippen LogP contribution in [0.4, 0.5) is 4.39 Å². The molecule has 7 nitrogen and oxygen atoms in total. The van der Waals surface area contributed by atoms with E-state index >= 15 is 0 Å². The van der Waals surface area contributed by atoms with Gasteiger partial charge in [-0.05, 0) is 38.8 Å². The third-order valence-electron chi connectivity index (χ3n) is 6.27. The van der Waals surface area contributed by atoms with Crippen LogP contribution in [0.5, 0.6) is 0 Å². The molecular formula is C23H30FN5O2. The zero-order valence-electron chi connectivity index (χ0n) is 18.0. The van der Waals surface area contributed by atoms with Gasteiger partial charge in [0.25, 0.3) is 11.8 Å². The molecule has 2 aromatic rings. The zero-order valence-corrected chi connectivity index (χ0v) is 18.0. The van der Waals surface area contributed by atoms with E-state index < -0.39 is 0 Å². The SMILES string of the molecule is CC1CCCCN1CCCNC(=O)c1cc2n(n1)CCN(Cc1ccccc1F)C2=O. The van der Waals surface area contributed by atoms with Gasteiger partial charge in [0, 0.05) is 43.9 Å². The van der Waals surface area contributed by atoms with Gasteiger partial charge in [0.05, 0.1) is 6.54 Å². The fourth-order valence-corrected chi connectivity index (χ4v) is 4.40. The first-order valence-electron chi connectivity index (χ1n) is 11.2. The number of carbonyl (C=O) groups is 2. The molecule has 31 heavy (non-hydrogen) atoms. The summed E-state index contributed by atoms with van der Waals surface area (Å²) in [4.78, 5) is 29.4. The summed E-state index contributed by atoms with van der Waals surface area (Å²) in [5.41, 5.74) is 1.10. The van der Waals surface area contributed by atoms with E-state index in [1.54, 1.807) is 27.8 Å². The number of rotatable bonds is 7.